The van der Waals surface area contributed by atoms with Crippen molar-refractivity contribution in [3.8, 4) is 23.3 Å². The van der Waals surface area contributed by atoms with Crippen LogP contribution in [-0.2, 0) is 0 Å². The van der Waals surface area contributed by atoms with Crippen molar-refractivity contribution in [3.63, 3.8) is 0 Å². The number of nitriles is 1. The summed E-state index contributed by atoms with van der Waals surface area (Å²) >= 11 is 0. The first kappa shape index (κ1) is 13.4. The molecule has 0 aliphatic rings. The smallest absolute Gasteiger partial charge is 0.335 e. The molecular formula is C15H11NO4. The number of nitrogens with zero attached hydrogens (tertiary/aromatic N) is 1. The standard InChI is InChI=1S/C15H11NO4/c1-19-13-7-6-10(15(17)18)8-14(13)20-12-5-3-2-4-11(12)9-16/h2-8H,1H3,(H,17,18). The van der Waals surface area contributed by atoms with Crippen LogP contribution in [0.2, 0.25) is 0 Å². The third kappa shape index (κ3) is 2.70. The number of carboxylic acids is 1. The van der Waals surface area contributed by atoms with Gasteiger partial charge in [-0.15, -0.1) is 0 Å². The van der Waals surface area contributed by atoms with Crippen molar-refractivity contribution in [1.82, 2.24) is 0 Å². The highest BCUT2D eigenvalue weighted by molar-refractivity contribution is 5.88. The Balaban J connectivity index is 2.44. The minimum Gasteiger partial charge on any atom is -0.493 e. The van der Waals surface area contributed by atoms with Gasteiger partial charge in [0.05, 0.1) is 18.2 Å². The van der Waals surface area contributed by atoms with Crippen molar-refractivity contribution < 1.29 is 19.4 Å². The Bertz CT molecular complexity index is 689. The molecule has 100 valence electrons. The Labute approximate surface area is 115 Å². The molecule has 0 saturated heterocycles. The predicted octanol–water partition coefficient (Wildman–Crippen LogP) is 3.06. The van der Waals surface area contributed by atoms with Crippen molar-refractivity contribution in [2.45, 2.75) is 0 Å². The number of aromatic carboxylic acids is 1. The molecular weight excluding hydrogens is 258 g/mol. The molecule has 0 bridgehead atoms. The lowest BCUT2D eigenvalue weighted by molar-refractivity contribution is 0.0696. The van der Waals surface area contributed by atoms with E-state index in [1.165, 1.54) is 25.3 Å². The monoisotopic (exact) mass is 269 g/mol. The molecule has 2 aromatic rings. The van der Waals surface area contributed by atoms with Gasteiger partial charge in [-0.25, -0.2) is 4.79 Å². The maximum Gasteiger partial charge on any atom is 0.335 e. The summed E-state index contributed by atoms with van der Waals surface area (Å²) in [5, 5.41) is 18.0. The van der Waals surface area contributed by atoms with E-state index in [1.807, 2.05) is 6.07 Å². The predicted molar refractivity (Wildman–Crippen MR) is 71.2 cm³/mol. The van der Waals surface area contributed by atoms with Crippen LogP contribution in [-0.4, -0.2) is 18.2 Å². The number of hydrogen-bond acceptors (Lipinski definition) is 4. The van der Waals surface area contributed by atoms with Crippen LogP contribution >= 0.6 is 0 Å². The van der Waals surface area contributed by atoms with Gasteiger partial charge in [-0.2, -0.15) is 5.26 Å². The quantitative estimate of drug-likeness (QED) is 0.922. The summed E-state index contributed by atoms with van der Waals surface area (Å²) in [4.78, 5) is 11.0. The molecule has 20 heavy (non-hydrogen) atoms. The second kappa shape index (κ2) is 5.76. The highest BCUT2D eigenvalue weighted by Gasteiger charge is 2.12. The number of hydrogen-bond donors (Lipinski definition) is 1. The topological polar surface area (TPSA) is 79.6 Å². The van der Waals surface area contributed by atoms with Crippen molar-refractivity contribution in [3.05, 3.63) is 53.6 Å². The van der Waals surface area contributed by atoms with E-state index in [9.17, 15) is 4.79 Å². The molecule has 2 rings (SSSR count). The fourth-order valence-corrected chi connectivity index (χ4v) is 1.66. The average molecular weight is 269 g/mol. The molecule has 0 unspecified atom stereocenters. The van der Waals surface area contributed by atoms with E-state index in [0.717, 1.165) is 0 Å². The minimum atomic E-state index is -1.06. The van der Waals surface area contributed by atoms with Gasteiger partial charge in [-0.05, 0) is 30.3 Å². The first-order valence-corrected chi connectivity index (χ1v) is 5.74. The van der Waals surface area contributed by atoms with Gasteiger partial charge in [0.15, 0.2) is 11.5 Å². The molecule has 1 N–H and O–H groups in total. The summed E-state index contributed by atoms with van der Waals surface area (Å²) in [7, 11) is 1.46. The van der Waals surface area contributed by atoms with Gasteiger partial charge in [0.2, 0.25) is 0 Å². The number of methoxy groups -OCH3 is 1. The number of carboxylic acid groups (broad SMARTS) is 1. The van der Waals surface area contributed by atoms with E-state index in [0.29, 0.717) is 17.1 Å². The van der Waals surface area contributed by atoms with E-state index in [-0.39, 0.29) is 11.3 Å². The van der Waals surface area contributed by atoms with E-state index < -0.39 is 5.97 Å². The van der Waals surface area contributed by atoms with Crippen LogP contribution in [0.1, 0.15) is 15.9 Å². The summed E-state index contributed by atoms with van der Waals surface area (Å²) < 4.78 is 10.7. The lowest BCUT2D eigenvalue weighted by Crippen LogP contribution is -1.98. The maximum atomic E-state index is 11.0. The molecule has 0 heterocycles. The van der Waals surface area contributed by atoms with Crippen LogP contribution in [0.5, 0.6) is 17.2 Å². The highest BCUT2D eigenvalue weighted by atomic mass is 16.5. The van der Waals surface area contributed by atoms with Crippen molar-refractivity contribution in [1.29, 1.82) is 5.26 Å². The fourth-order valence-electron chi connectivity index (χ4n) is 1.66. The summed E-state index contributed by atoms with van der Waals surface area (Å²) in [5.41, 5.74) is 0.436. The molecule has 0 atom stereocenters. The molecule has 0 spiro atoms. The number of ether oxygens (including phenoxy) is 2. The van der Waals surface area contributed by atoms with Gasteiger partial charge in [0.1, 0.15) is 11.8 Å². The highest BCUT2D eigenvalue weighted by Crippen LogP contribution is 2.33. The van der Waals surface area contributed by atoms with Crippen LogP contribution < -0.4 is 9.47 Å². The van der Waals surface area contributed by atoms with Crippen LogP contribution in [0.15, 0.2) is 42.5 Å². The van der Waals surface area contributed by atoms with E-state index in [2.05, 4.69) is 0 Å². The third-order valence-electron chi connectivity index (χ3n) is 2.64. The van der Waals surface area contributed by atoms with E-state index in [4.69, 9.17) is 19.8 Å². The first-order valence-electron chi connectivity index (χ1n) is 5.74. The zero-order valence-electron chi connectivity index (χ0n) is 10.7. The summed E-state index contributed by atoms with van der Waals surface area (Å²) in [6.45, 7) is 0. The zero-order valence-corrected chi connectivity index (χ0v) is 10.7. The lowest BCUT2D eigenvalue weighted by atomic mass is 10.2. The van der Waals surface area contributed by atoms with Crippen molar-refractivity contribution in [2.24, 2.45) is 0 Å². The van der Waals surface area contributed by atoms with Crippen molar-refractivity contribution in [2.75, 3.05) is 7.11 Å². The third-order valence-corrected chi connectivity index (χ3v) is 2.64. The normalized spacial score (nSPS) is 9.60. The van der Waals surface area contributed by atoms with Crippen LogP contribution in [0, 0.1) is 11.3 Å². The maximum absolute atomic E-state index is 11.0. The Kier molecular flexibility index (Phi) is 3.87. The van der Waals surface area contributed by atoms with E-state index in [1.54, 1.807) is 24.3 Å². The summed E-state index contributed by atoms with van der Waals surface area (Å²) in [6.07, 6.45) is 0. The largest absolute Gasteiger partial charge is 0.493 e. The molecule has 5 heteroatoms. The van der Waals surface area contributed by atoms with Gasteiger partial charge >= 0.3 is 5.97 Å². The summed E-state index contributed by atoms with van der Waals surface area (Å²) in [6, 6.07) is 13.0. The summed E-state index contributed by atoms with van der Waals surface area (Å²) in [5.74, 6) is -0.0836. The van der Waals surface area contributed by atoms with Crippen LogP contribution in [0.25, 0.3) is 0 Å². The zero-order chi connectivity index (χ0) is 14.5. The van der Waals surface area contributed by atoms with Gasteiger partial charge < -0.3 is 14.6 Å². The molecule has 5 nitrogen and oxygen atoms in total. The van der Waals surface area contributed by atoms with Gasteiger partial charge in [0.25, 0.3) is 0 Å². The Morgan fingerprint density at radius 3 is 2.55 bits per heavy atom. The van der Waals surface area contributed by atoms with Gasteiger partial charge in [-0.1, -0.05) is 12.1 Å². The van der Waals surface area contributed by atoms with Crippen LogP contribution in [0.4, 0.5) is 0 Å². The molecule has 0 aromatic heterocycles. The lowest BCUT2D eigenvalue weighted by Gasteiger charge is -2.11. The second-order valence-electron chi connectivity index (χ2n) is 3.88. The number of para-hydroxylation sites is 1. The number of rotatable bonds is 4. The first-order chi connectivity index (χ1) is 9.65. The molecule has 0 fully saturated rings. The second-order valence-corrected chi connectivity index (χ2v) is 3.88. The minimum absolute atomic E-state index is 0.0789. The molecule has 0 saturated carbocycles. The molecule has 2 aromatic carbocycles. The number of benzene rings is 2. The molecule has 0 radical (unpaired) electrons. The van der Waals surface area contributed by atoms with Gasteiger partial charge in [-0.3, -0.25) is 0 Å². The molecule has 0 amide bonds. The average Bonchev–Trinajstić information content (AvgIpc) is 2.47. The van der Waals surface area contributed by atoms with E-state index >= 15 is 0 Å². The SMILES string of the molecule is COc1ccc(C(=O)O)cc1Oc1ccccc1C#N. The van der Waals surface area contributed by atoms with Crippen molar-refractivity contribution >= 4 is 5.97 Å². The molecule has 0 aliphatic carbocycles. The molecule has 0 aliphatic heterocycles. The Hall–Kier alpha value is -3.00. The Morgan fingerprint density at radius 2 is 1.90 bits per heavy atom. The number of carbonyl (C=O) groups is 1. The Morgan fingerprint density at radius 1 is 1.15 bits per heavy atom. The van der Waals surface area contributed by atoms with Crippen LogP contribution in [0.3, 0.4) is 0 Å². The van der Waals surface area contributed by atoms with Gasteiger partial charge in [0, 0.05) is 0 Å². The fraction of sp³-hybridized carbons (Fsp3) is 0.0667.